The van der Waals surface area contributed by atoms with E-state index in [1.54, 1.807) is 6.07 Å². The van der Waals surface area contributed by atoms with Crippen molar-refractivity contribution in [2.45, 2.75) is 38.1 Å². The summed E-state index contributed by atoms with van der Waals surface area (Å²) in [6.07, 6.45) is 4.87. The molecule has 7 rings (SSSR count). The number of allylic oxidation sites excluding steroid dienone is 2. The number of phenols is 1. The van der Waals surface area contributed by atoms with E-state index in [1.807, 2.05) is 32.2 Å². The van der Waals surface area contributed by atoms with Gasteiger partial charge in [-0.05, 0) is 37.1 Å². The second-order valence-corrected chi connectivity index (χ2v) is 11.4. The van der Waals surface area contributed by atoms with Crippen LogP contribution in [0.25, 0.3) is 10.9 Å². The molecule has 2 N–H and O–H groups in total. The first-order valence-electron chi connectivity index (χ1n) is 13.2. The van der Waals surface area contributed by atoms with Crippen molar-refractivity contribution in [1.82, 2.24) is 4.57 Å². The molecule has 7 heteroatoms. The zero-order chi connectivity index (χ0) is 25.7. The molecule has 1 aliphatic carbocycles. The fraction of sp³-hybridized carbons (Fsp3) is 0.355. The number of ketones is 1. The summed E-state index contributed by atoms with van der Waals surface area (Å²) in [4.78, 5) is 26.8. The Labute approximate surface area is 228 Å². The molecule has 2 unspecified atom stereocenters. The molecule has 4 atom stereocenters. The topological polar surface area (TPSA) is 71.3 Å². The number of para-hydroxylation sites is 2. The van der Waals surface area contributed by atoms with Gasteiger partial charge in [0.05, 0.1) is 23.2 Å². The molecule has 1 aromatic heterocycles. The maximum atomic E-state index is 14.2. The molecule has 2 fully saturated rings. The number of benzene rings is 2. The van der Waals surface area contributed by atoms with Crippen LogP contribution in [0.15, 0.2) is 65.4 Å². The van der Waals surface area contributed by atoms with E-state index in [0.717, 1.165) is 76.9 Å². The van der Waals surface area contributed by atoms with Gasteiger partial charge in [-0.3, -0.25) is 9.59 Å². The number of nitrogens with one attached hydrogen (secondary N) is 1. The Morgan fingerprint density at radius 1 is 1.24 bits per heavy atom. The number of quaternary nitrogens is 1. The average molecular weight is 530 g/mol. The van der Waals surface area contributed by atoms with Gasteiger partial charge in [0.2, 0.25) is 5.78 Å². The van der Waals surface area contributed by atoms with Crippen LogP contribution in [0.5, 0.6) is 5.75 Å². The highest BCUT2D eigenvalue weighted by Crippen LogP contribution is 2.64. The largest absolute Gasteiger partial charge is 1.00 e. The quantitative estimate of drug-likeness (QED) is 0.178. The minimum Gasteiger partial charge on any atom is -1.00 e. The second kappa shape index (κ2) is 8.32. The van der Waals surface area contributed by atoms with E-state index < -0.39 is 0 Å². The van der Waals surface area contributed by atoms with Crippen molar-refractivity contribution in [1.29, 1.82) is 0 Å². The number of fused-ring (bicyclic) bond motifs is 3. The van der Waals surface area contributed by atoms with Gasteiger partial charge in [0.25, 0.3) is 0 Å². The summed E-state index contributed by atoms with van der Waals surface area (Å²) < 4.78 is 2.82. The van der Waals surface area contributed by atoms with Crippen LogP contribution in [-0.2, 0) is 17.3 Å². The van der Waals surface area contributed by atoms with Gasteiger partial charge in [0, 0.05) is 53.7 Å². The molecule has 0 amide bonds. The molecule has 4 aliphatic rings. The van der Waals surface area contributed by atoms with Gasteiger partial charge in [-0.1, -0.05) is 36.4 Å². The van der Waals surface area contributed by atoms with Gasteiger partial charge < -0.3 is 31.9 Å². The van der Waals surface area contributed by atoms with Crippen LogP contribution in [0.4, 0.5) is 5.69 Å². The van der Waals surface area contributed by atoms with Gasteiger partial charge in [-0.25, -0.2) is 0 Å². The number of phenolic OH excluding ortho intramolecular Hbond substituents is 1. The number of aldehydes is 1. The van der Waals surface area contributed by atoms with E-state index in [-0.39, 0.29) is 41.3 Å². The van der Waals surface area contributed by atoms with Crippen LogP contribution in [-0.4, -0.2) is 51.9 Å². The number of aryl methyl sites for hydroxylation is 1. The van der Waals surface area contributed by atoms with Crippen molar-refractivity contribution in [2.75, 3.05) is 25.0 Å². The zero-order valence-corrected chi connectivity index (χ0v) is 22.7. The van der Waals surface area contributed by atoms with E-state index in [0.29, 0.717) is 11.0 Å². The van der Waals surface area contributed by atoms with Crippen molar-refractivity contribution in [3.8, 4) is 5.75 Å². The number of aromatic nitrogens is 1. The van der Waals surface area contributed by atoms with Crippen molar-refractivity contribution >= 4 is 28.7 Å². The Hall–Kier alpha value is -3.35. The van der Waals surface area contributed by atoms with E-state index in [9.17, 15) is 14.7 Å². The monoisotopic (exact) mass is 529 g/mol. The molecular weight excluding hydrogens is 498 g/mol. The predicted molar refractivity (Wildman–Crippen MR) is 144 cm³/mol. The number of nitrogens with zero attached hydrogens (tertiary/aromatic N) is 2. The molecular formula is C31H32ClN3O3. The third kappa shape index (κ3) is 2.88. The molecule has 6 nitrogen and oxygen atoms in total. The lowest BCUT2D eigenvalue weighted by Crippen LogP contribution is -3.00. The highest BCUT2D eigenvalue weighted by atomic mass is 35.5. The number of halogens is 1. The summed E-state index contributed by atoms with van der Waals surface area (Å²) in [5, 5.41) is 15.3. The zero-order valence-electron chi connectivity index (χ0n) is 21.9. The number of hydrogen-bond acceptors (Lipinski definition) is 4. The number of anilines is 1. The maximum Gasteiger partial charge on any atom is 0.219 e. The summed E-state index contributed by atoms with van der Waals surface area (Å²) >= 11 is 0. The van der Waals surface area contributed by atoms with Crippen LogP contribution in [0.1, 0.15) is 41.4 Å². The van der Waals surface area contributed by atoms with Gasteiger partial charge >= 0.3 is 0 Å². The van der Waals surface area contributed by atoms with Gasteiger partial charge in [-0.2, -0.15) is 0 Å². The Morgan fingerprint density at radius 3 is 2.79 bits per heavy atom. The Morgan fingerprint density at radius 2 is 2.03 bits per heavy atom. The molecule has 38 heavy (non-hydrogen) atoms. The molecule has 2 bridgehead atoms. The SMILES string of the molecule is C/C=C1/C[N+]2(CC(=O)c3c(C)n(C)c4ccccc34)CC[C@]34C(=C(C=O)[C@H]1CC32)Nc1c(O)cccc14.[Cl-]. The number of carbonyl (C=O) groups excluding carboxylic acids is 2. The molecule has 0 saturated carbocycles. The highest BCUT2D eigenvalue weighted by molar-refractivity contribution is 6.10. The number of hydrogen-bond donors (Lipinski definition) is 2. The molecule has 3 aliphatic heterocycles. The van der Waals surface area contributed by atoms with Crippen LogP contribution in [0, 0.1) is 12.8 Å². The van der Waals surface area contributed by atoms with Gasteiger partial charge in [0.15, 0.2) is 0 Å². The van der Waals surface area contributed by atoms with Gasteiger partial charge in [0.1, 0.15) is 31.2 Å². The van der Waals surface area contributed by atoms with Crippen molar-refractivity contribution in [3.05, 3.63) is 82.2 Å². The third-order valence-electron chi connectivity index (χ3n) is 10.1. The van der Waals surface area contributed by atoms with E-state index in [1.165, 1.54) is 5.57 Å². The highest BCUT2D eigenvalue weighted by Gasteiger charge is 2.69. The molecule has 0 radical (unpaired) electrons. The smallest absolute Gasteiger partial charge is 0.219 e. The lowest BCUT2D eigenvalue weighted by molar-refractivity contribution is -0.934. The first-order chi connectivity index (χ1) is 17.9. The number of rotatable bonds is 4. The summed E-state index contributed by atoms with van der Waals surface area (Å²) in [5.74, 6) is 0.458. The lowest BCUT2D eigenvalue weighted by Gasteiger charge is -2.53. The molecule has 2 saturated heterocycles. The molecule has 2 aromatic carbocycles. The first-order valence-corrected chi connectivity index (χ1v) is 13.2. The van der Waals surface area contributed by atoms with Crippen LogP contribution < -0.4 is 17.7 Å². The first kappa shape index (κ1) is 25.0. The Kier molecular flexibility index (Phi) is 5.47. The number of Topliss-reactive ketones (excluding diaryl/α,β-unsaturated/α-hetero) is 1. The normalized spacial score (nSPS) is 29.6. The third-order valence-corrected chi connectivity index (χ3v) is 10.1. The average Bonchev–Trinajstić information content (AvgIpc) is 3.51. The fourth-order valence-corrected chi connectivity index (χ4v) is 8.42. The van der Waals surface area contributed by atoms with Gasteiger partial charge in [-0.15, -0.1) is 0 Å². The predicted octanol–water partition coefficient (Wildman–Crippen LogP) is 1.76. The summed E-state index contributed by atoms with van der Waals surface area (Å²) in [5.41, 5.74) is 7.34. The van der Waals surface area contributed by atoms with Crippen molar-refractivity contribution in [2.24, 2.45) is 13.0 Å². The summed E-state index contributed by atoms with van der Waals surface area (Å²) in [6.45, 7) is 6.17. The van der Waals surface area contributed by atoms with Crippen LogP contribution >= 0.6 is 0 Å². The molecule has 3 aromatic rings. The maximum absolute atomic E-state index is 14.2. The summed E-state index contributed by atoms with van der Waals surface area (Å²) in [7, 11) is 2.03. The van der Waals surface area contributed by atoms with Crippen LogP contribution in [0.3, 0.4) is 0 Å². The second-order valence-electron chi connectivity index (χ2n) is 11.4. The van der Waals surface area contributed by atoms with Crippen molar-refractivity contribution in [3.63, 3.8) is 0 Å². The number of aromatic hydroxyl groups is 1. The molecule has 1 spiro atoms. The van der Waals surface area contributed by atoms with E-state index in [4.69, 9.17) is 0 Å². The Bertz CT molecular complexity index is 1600. The lowest BCUT2D eigenvalue weighted by atomic mass is 9.61. The van der Waals surface area contributed by atoms with Crippen molar-refractivity contribution < 1.29 is 31.6 Å². The molecule has 4 heterocycles. The minimum absolute atomic E-state index is 0. The minimum atomic E-state index is -0.381. The van der Waals surface area contributed by atoms with Crippen LogP contribution in [0.2, 0.25) is 0 Å². The number of piperidine rings is 1. The Balaban J connectivity index is 0.00000264. The van der Waals surface area contributed by atoms with E-state index in [2.05, 4.69) is 41.1 Å². The standard InChI is InChI=1S/C31H31N3O3.ClH/c1-4-19-15-34(16-26(37)28-18(2)33(3)24-10-6-5-8-20(24)28)13-12-31-23-9-7-11-25(36)29(23)32-30(31)22(17-35)21(19)14-27(31)34;/h4-11,17,21,27H,12-16H2,1-3H3,(H-,32,35,36);1H/b19-4-;/t21-,27?,31+,34?;/m0./s1. The van der Waals surface area contributed by atoms with E-state index >= 15 is 0 Å². The number of carbonyl (C=O) groups is 2. The molecule has 196 valence electrons. The fourth-order valence-electron chi connectivity index (χ4n) is 8.42. The summed E-state index contributed by atoms with van der Waals surface area (Å²) in [6, 6.07) is 14.0.